The Kier molecular flexibility index (Phi) is 5.19. The van der Waals surface area contributed by atoms with Gasteiger partial charge in [0.25, 0.3) is 6.43 Å². The largest absolute Gasteiger partial charge is 0.435 e. The van der Waals surface area contributed by atoms with Crippen molar-refractivity contribution in [2.75, 3.05) is 26.2 Å². The molecule has 1 atom stereocenters. The third-order valence-corrected chi connectivity index (χ3v) is 3.23. The maximum absolute atomic E-state index is 13.3. The van der Waals surface area contributed by atoms with E-state index in [1.54, 1.807) is 4.90 Å². The average Bonchev–Trinajstić information content (AvgIpc) is 2.41. The minimum Gasteiger partial charge on any atom is -0.435 e. The van der Waals surface area contributed by atoms with E-state index in [1.807, 2.05) is 0 Å². The molecule has 0 aromatic heterocycles. The molecule has 3 nitrogen and oxygen atoms in total. The van der Waals surface area contributed by atoms with Gasteiger partial charge in [-0.1, -0.05) is 12.1 Å². The third-order valence-electron chi connectivity index (χ3n) is 3.23. The van der Waals surface area contributed by atoms with Gasteiger partial charge in [-0.3, -0.25) is 4.90 Å². The van der Waals surface area contributed by atoms with Gasteiger partial charge in [0.2, 0.25) is 0 Å². The number of rotatable bonds is 5. The van der Waals surface area contributed by atoms with Crippen LogP contribution in [0.4, 0.5) is 17.6 Å². The fourth-order valence-corrected chi connectivity index (χ4v) is 2.32. The fraction of sp³-hybridized carbons (Fsp3) is 0.538. The fourth-order valence-electron chi connectivity index (χ4n) is 2.32. The zero-order chi connectivity index (χ0) is 14.5. The van der Waals surface area contributed by atoms with Gasteiger partial charge >= 0.3 is 6.61 Å². The van der Waals surface area contributed by atoms with E-state index in [0.717, 1.165) is 0 Å². The quantitative estimate of drug-likeness (QED) is 0.844. The summed E-state index contributed by atoms with van der Waals surface area (Å²) in [4.78, 5) is 1.70. The first-order chi connectivity index (χ1) is 9.58. The molecular weight excluding hydrogens is 276 g/mol. The van der Waals surface area contributed by atoms with Gasteiger partial charge in [0.1, 0.15) is 5.75 Å². The number of nitrogens with zero attached hydrogens (tertiary/aromatic N) is 1. The van der Waals surface area contributed by atoms with Gasteiger partial charge in [0, 0.05) is 26.2 Å². The number of halogens is 4. The molecule has 0 amide bonds. The average molecular weight is 292 g/mol. The van der Waals surface area contributed by atoms with Gasteiger partial charge in [-0.2, -0.15) is 8.78 Å². The normalized spacial score (nSPS) is 18.5. The Hall–Kier alpha value is -1.34. The van der Waals surface area contributed by atoms with Crippen LogP contribution in [0, 0.1) is 0 Å². The highest BCUT2D eigenvalue weighted by atomic mass is 19.3. The summed E-state index contributed by atoms with van der Waals surface area (Å²) in [6.45, 7) is -0.528. The Labute approximate surface area is 114 Å². The van der Waals surface area contributed by atoms with Gasteiger partial charge in [-0.25, -0.2) is 8.78 Å². The van der Waals surface area contributed by atoms with Crippen LogP contribution in [0.1, 0.15) is 11.6 Å². The maximum Gasteiger partial charge on any atom is 0.387 e. The molecule has 1 saturated heterocycles. The summed E-state index contributed by atoms with van der Waals surface area (Å²) in [6.07, 6.45) is -2.53. The number of hydrogen-bond acceptors (Lipinski definition) is 3. The smallest absolute Gasteiger partial charge is 0.387 e. The Morgan fingerprint density at radius 3 is 2.10 bits per heavy atom. The summed E-state index contributed by atoms with van der Waals surface area (Å²) in [5, 5.41) is 3.10. The summed E-state index contributed by atoms with van der Waals surface area (Å²) in [7, 11) is 0. The van der Waals surface area contributed by atoms with Gasteiger partial charge in [0.15, 0.2) is 0 Å². The van der Waals surface area contributed by atoms with E-state index in [1.165, 1.54) is 24.3 Å². The Balaban J connectivity index is 2.12. The van der Waals surface area contributed by atoms with Crippen molar-refractivity contribution in [1.29, 1.82) is 0 Å². The number of nitrogens with one attached hydrogen (secondary N) is 1. The second-order valence-electron chi connectivity index (χ2n) is 4.51. The van der Waals surface area contributed by atoms with E-state index in [-0.39, 0.29) is 5.75 Å². The molecule has 0 radical (unpaired) electrons. The topological polar surface area (TPSA) is 24.5 Å². The molecule has 7 heteroatoms. The molecular formula is C13H16F4N2O. The van der Waals surface area contributed by atoms with E-state index in [9.17, 15) is 17.6 Å². The molecule has 1 aliphatic heterocycles. The zero-order valence-corrected chi connectivity index (χ0v) is 10.7. The van der Waals surface area contributed by atoms with Crippen LogP contribution in [0.2, 0.25) is 0 Å². The van der Waals surface area contributed by atoms with Crippen molar-refractivity contribution in [3.8, 4) is 5.75 Å². The van der Waals surface area contributed by atoms with Gasteiger partial charge in [-0.05, 0) is 17.7 Å². The molecule has 0 saturated carbocycles. The molecule has 1 fully saturated rings. The third kappa shape index (κ3) is 3.83. The number of benzene rings is 1. The summed E-state index contributed by atoms with van der Waals surface area (Å²) in [6, 6.07) is 4.39. The highest BCUT2D eigenvalue weighted by molar-refractivity contribution is 5.29. The molecule has 0 spiro atoms. The standard InChI is InChI=1S/C13H16F4N2O/c14-12(15)11(19-7-5-18-6-8-19)9-1-3-10(4-2-9)20-13(16)17/h1-4,11-13,18H,5-8H2/t11-/m1/s1. The molecule has 1 heterocycles. The first-order valence-electron chi connectivity index (χ1n) is 6.35. The van der Waals surface area contributed by atoms with Crippen molar-refractivity contribution in [3.05, 3.63) is 29.8 Å². The van der Waals surface area contributed by atoms with Crippen LogP contribution in [0.15, 0.2) is 24.3 Å². The maximum atomic E-state index is 13.3. The van der Waals surface area contributed by atoms with Crippen LogP contribution >= 0.6 is 0 Å². The lowest BCUT2D eigenvalue weighted by Crippen LogP contribution is -2.46. The minimum atomic E-state index is -2.92. The number of ether oxygens (including phenoxy) is 1. The molecule has 20 heavy (non-hydrogen) atoms. The molecule has 1 aromatic rings. The molecule has 1 aliphatic rings. The van der Waals surface area contributed by atoms with Crippen LogP contribution in [0.3, 0.4) is 0 Å². The van der Waals surface area contributed by atoms with Crippen molar-refractivity contribution < 1.29 is 22.3 Å². The number of alkyl halides is 4. The van der Waals surface area contributed by atoms with Crippen LogP contribution < -0.4 is 10.1 Å². The van der Waals surface area contributed by atoms with Gasteiger partial charge in [-0.15, -0.1) is 0 Å². The van der Waals surface area contributed by atoms with Crippen LogP contribution in [-0.2, 0) is 0 Å². The van der Waals surface area contributed by atoms with Crippen LogP contribution in [-0.4, -0.2) is 44.1 Å². The minimum absolute atomic E-state index is 0.0305. The molecule has 0 aliphatic carbocycles. The van der Waals surface area contributed by atoms with Crippen molar-refractivity contribution in [2.24, 2.45) is 0 Å². The molecule has 1 N–H and O–H groups in total. The number of piperazine rings is 1. The predicted molar refractivity (Wildman–Crippen MR) is 66.3 cm³/mol. The molecule has 0 bridgehead atoms. The molecule has 2 rings (SSSR count). The molecule has 1 aromatic carbocycles. The predicted octanol–water partition coefficient (Wildman–Crippen LogP) is 2.50. The van der Waals surface area contributed by atoms with Crippen molar-refractivity contribution in [2.45, 2.75) is 19.1 Å². The first kappa shape index (κ1) is 15.1. The van der Waals surface area contributed by atoms with Crippen molar-refractivity contribution in [3.63, 3.8) is 0 Å². The second-order valence-corrected chi connectivity index (χ2v) is 4.51. The highest BCUT2D eigenvalue weighted by Gasteiger charge is 2.30. The monoisotopic (exact) mass is 292 g/mol. The Morgan fingerprint density at radius 1 is 1.00 bits per heavy atom. The Bertz CT molecular complexity index is 407. The number of hydrogen-bond donors (Lipinski definition) is 1. The van der Waals surface area contributed by atoms with Crippen molar-refractivity contribution in [1.82, 2.24) is 10.2 Å². The summed E-state index contributed by atoms with van der Waals surface area (Å²) < 4.78 is 54.8. The second kappa shape index (κ2) is 6.90. The van der Waals surface area contributed by atoms with Gasteiger partial charge < -0.3 is 10.1 Å². The van der Waals surface area contributed by atoms with E-state index in [4.69, 9.17) is 0 Å². The molecule has 112 valence electrons. The van der Waals surface area contributed by atoms with E-state index in [2.05, 4.69) is 10.1 Å². The summed E-state index contributed by atoms with van der Waals surface area (Å²) >= 11 is 0. The highest BCUT2D eigenvalue weighted by Crippen LogP contribution is 2.29. The molecule has 0 unspecified atom stereocenters. The Morgan fingerprint density at radius 2 is 1.60 bits per heavy atom. The van der Waals surface area contributed by atoms with Crippen LogP contribution in [0.5, 0.6) is 5.75 Å². The lowest BCUT2D eigenvalue weighted by Gasteiger charge is -2.34. The first-order valence-corrected chi connectivity index (χ1v) is 6.35. The SMILES string of the molecule is FC(F)Oc1ccc([C@H](C(F)F)N2CCNCC2)cc1. The lowest BCUT2D eigenvalue weighted by molar-refractivity contribution is -0.0499. The van der Waals surface area contributed by atoms with Crippen molar-refractivity contribution >= 4 is 0 Å². The van der Waals surface area contributed by atoms with Crippen LogP contribution in [0.25, 0.3) is 0 Å². The van der Waals surface area contributed by atoms with E-state index in [0.29, 0.717) is 31.7 Å². The summed E-state index contributed by atoms with van der Waals surface area (Å²) in [5.41, 5.74) is 0.406. The van der Waals surface area contributed by atoms with E-state index >= 15 is 0 Å². The summed E-state index contributed by atoms with van der Waals surface area (Å²) in [5.74, 6) is -0.0305. The van der Waals surface area contributed by atoms with E-state index < -0.39 is 19.1 Å². The lowest BCUT2D eigenvalue weighted by atomic mass is 10.0. The van der Waals surface area contributed by atoms with Gasteiger partial charge in [0.05, 0.1) is 6.04 Å². The zero-order valence-electron chi connectivity index (χ0n) is 10.7.